The van der Waals surface area contributed by atoms with Gasteiger partial charge in [-0.3, -0.25) is 9.59 Å². The maximum absolute atomic E-state index is 13.2. The first-order chi connectivity index (χ1) is 15.2. The van der Waals surface area contributed by atoms with Gasteiger partial charge in [0.1, 0.15) is 23.1 Å². The standard InChI is InChI=1S/C23H28N4O5/c1-13-17(12-24-14(2)25-13)21(28)19-20(16-11-15(31-5)7-8-18(16)32-6)27(10-9-26(3)4)23(30)22(19)29/h7-8,11-12,20,28H,9-10H2,1-6H3/b21-19+/t20-/m0/s1. The molecule has 2 heterocycles. The molecule has 0 spiro atoms. The fourth-order valence-corrected chi connectivity index (χ4v) is 3.76. The highest BCUT2D eigenvalue weighted by molar-refractivity contribution is 6.46. The van der Waals surface area contributed by atoms with E-state index in [4.69, 9.17) is 9.47 Å². The first-order valence-corrected chi connectivity index (χ1v) is 10.1. The lowest BCUT2D eigenvalue weighted by Crippen LogP contribution is -2.35. The number of likely N-dealkylation sites (N-methyl/N-ethyl adjacent to an activating group) is 1. The normalized spacial score (nSPS) is 17.8. The van der Waals surface area contributed by atoms with E-state index in [1.165, 1.54) is 25.3 Å². The molecule has 2 aromatic rings. The van der Waals surface area contributed by atoms with Crippen molar-refractivity contribution in [1.29, 1.82) is 0 Å². The van der Waals surface area contributed by atoms with E-state index in [2.05, 4.69) is 9.97 Å². The van der Waals surface area contributed by atoms with Crippen LogP contribution in [-0.4, -0.2) is 78.0 Å². The number of methoxy groups -OCH3 is 2. The molecule has 1 N–H and O–H groups in total. The molecule has 0 saturated carbocycles. The summed E-state index contributed by atoms with van der Waals surface area (Å²) in [6.07, 6.45) is 1.46. The first kappa shape index (κ1) is 23.2. The maximum atomic E-state index is 13.2. The molecule has 1 fully saturated rings. The van der Waals surface area contributed by atoms with Crippen LogP contribution in [0.15, 0.2) is 30.0 Å². The number of rotatable bonds is 7. The number of amides is 1. The molecular formula is C23H28N4O5. The van der Waals surface area contributed by atoms with Gasteiger partial charge in [-0.05, 0) is 46.1 Å². The predicted molar refractivity (Wildman–Crippen MR) is 119 cm³/mol. The largest absolute Gasteiger partial charge is 0.507 e. The number of ketones is 1. The van der Waals surface area contributed by atoms with Crippen LogP contribution in [0, 0.1) is 13.8 Å². The average molecular weight is 441 g/mol. The second-order valence-electron chi connectivity index (χ2n) is 7.82. The highest BCUT2D eigenvalue weighted by Gasteiger charge is 2.47. The summed E-state index contributed by atoms with van der Waals surface area (Å²) in [5.41, 5.74) is 1.31. The van der Waals surface area contributed by atoms with Gasteiger partial charge in [-0.1, -0.05) is 0 Å². The van der Waals surface area contributed by atoms with Crippen LogP contribution in [0.25, 0.3) is 5.76 Å². The lowest BCUT2D eigenvalue weighted by atomic mass is 9.94. The average Bonchev–Trinajstić information content (AvgIpc) is 3.01. The van der Waals surface area contributed by atoms with Gasteiger partial charge in [0.05, 0.1) is 37.1 Å². The number of aliphatic hydroxyl groups is 1. The molecule has 3 rings (SSSR count). The molecular weight excluding hydrogens is 412 g/mol. The van der Waals surface area contributed by atoms with Crippen molar-refractivity contribution in [2.45, 2.75) is 19.9 Å². The van der Waals surface area contributed by atoms with Crippen molar-refractivity contribution in [3.8, 4) is 11.5 Å². The molecule has 1 aliphatic rings. The number of hydrogen-bond donors (Lipinski definition) is 1. The summed E-state index contributed by atoms with van der Waals surface area (Å²) in [6.45, 7) is 4.26. The molecule has 0 radical (unpaired) electrons. The van der Waals surface area contributed by atoms with Crippen molar-refractivity contribution in [3.05, 3.63) is 52.6 Å². The molecule has 0 aliphatic carbocycles. The number of carbonyl (C=O) groups is 2. The van der Waals surface area contributed by atoms with Crippen LogP contribution >= 0.6 is 0 Å². The van der Waals surface area contributed by atoms with E-state index in [0.29, 0.717) is 40.7 Å². The Morgan fingerprint density at radius 2 is 1.91 bits per heavy atom. The summed E-state index contributed by atoms with van der Waals surface area (Å²) in [5, 5.41) is 11.2. The number of Topliss-reactive ketones (excluding diaryl/α,β-unsaturated/α-hetero) is 1. The van der Waals surface area contributed by atoms with Gasteiger partial charge < -0.3 is 24.4 Å². The van der Waals surface area contributed by atoms with Crippen molar-refractivity contribution < 1.29 is 24.2 Å². The molecule has 32 heavy (non-hydrogen) atoms. The third kappa shape index (κ3) is 4.29. The third-order valence-corrected chi connectivity index (χ3v) is 5.41. The smallest absolute Gasteiger partial charge is 0.295 e. The Bertz CT molecular complexity index is 1080. The van der Waals surface area contributed by atoms with Gasteiger partial charge in [0, 0.05) is 24.8 Å². The summed E-state index contributed by atoms with van der Waals surface area (Å²) >= 11 is 0. The lowest BCUT2D eigenvalue weighted by Gasteiger charge is -2.28. The van der Waals surface area contributed by atoms with Gasteiger partial charge in [-0.15, -0.1) is 0 Å². The van der Waals surface area contributed by atoms with Gasteiger partial charge in [0.2, 0.25) is 0 Å². The summed E-state index contributed by atoms with van der Waals surface area (Å²) in [4.78, 5) is 38.0. The fraction of sp³-hybridized carbons (Fsp3) is 0.391. The zero-order chi connectivity index (χ0) is 23.6. The van der Waals surface area contributed by atoms with Gasteiger partial charge in [0.25, 0.3) is 11.7 Å². The highest BCUT2D eigenvalue weighted by atomic mass is 16.5. The van der Waals surface area contributed by atoms with Gasteiger partial charge >= 0.3 is 0 Å². The number of aryl methyl sites for hydroxylation is 2. The maximum Gasteiger partial charge on any atom is 0.295 e. The van der Waals surface area contributed by atoms with E-state index in [0.717, 1.165) is 0 Å². The minimum absolute atomic E-state index is 0.0316. The van der Waals surface area contributed by atoms with E-state index >= 15 is 0 Å². The quantitative estimate of drug-likeness (QED) is 0.396. The van der Waals surface area contributed by atoms with Crippen molar-refractivity contribution in [2.24, 2.45) is 0 Å². The van der Waals surface area contributed by atoms with Crippen molar-refractivity contribution in [2.75, 3.05) is 41.4 Å². The number of carbonyl (C=O) groups excluding carboxylic acids is 2. The lowest BCUT2D eigenvalue weighted by molar-refractivity contribution is -0.140. The molecule has 0 bridgehead atoms. The van der Waals surface area contributed by atoms with Crippen LogP contribution in [0.4, 0.5) is 0 Å². The Labute approximate surface area is 187 Å². The minimum atomic E-state index is -0.860. The van der Waals surface area contributed by atoms with Gasteiger partial charge in [0.15, 0.2) is 0 Å². The Balaban J connectivity index is 2.27. The zero-order valence-electron chi connectivity index (χ0n) is 19.2. The second-order valence-corrected chi connectivity index (χ2v) is 7.82. The van der Waals surface area contributed by atoms with E-state index in [-0.39, 0.29) is 17.9 Å². The fourth-order valence-electron chi connectivity index (χ4n) is 3.76. The van der Waals surface area contributed by atoms with Crippen LogP contribution in [-0.2, 0) is 9.59 Å². The summed E-state index contributed by atoms with van der Waals surface area (Å²) < 4.78 is 10.9. The molecule has 1 amide bonds. The number of likely N-dealkylation sites (tertiary alicyclic amines) is 1. The first-order valence-electron chi connectivity index (χ1n) is 10.1. The van der Waals surface area contributed by atoms with Crippen molar-refractivity contribution in [1.82, 2.24) is 19.8 Å². The number of aromatic nitrogens is 2. The molecule has 1 aromatic heterocycles. The number of nitrogens with zero attached hydrogens (tertiary/aromatic N) is 4. The Morgan fingerprint density at radius 1 is 1.19 bits per heavy atom. The Hall–Kier alpha value is -3.46. The summed E-state index contributed by atoms with van der Waals surface area (Å²) in [5.74, 6) is -0.228. The zero-order valence-corrected chi connectivity index (χ0v) is 19.2. The highest BCUT2D eigenvalue weighted by Crippen LogP contribution is 2.43. The number of ether oxygens (including phenoxy) is 2. The predicted octanol–water partition coefficient (Wildman–Crippen LogP) is 2.09. The molecule has 0 unspecified atom stereocenters. The molecule has 9 nitrogen and oxygen atoms in total. The van der Waals surface area contributed by atoms with Crippen molar-refractivity contribution in [3.63, 3.8) is 0 Å². The summed E-state index contributed by atoms with van der Waals surface area (Å²) in [6, 6.07) is 4.29. The third-order valence-electron chi connectivity index (χ3n) is 5.41. The Morgan fingerprint density at radius 3 is 2.50 bits per heavy atom. The van der Waals surface area contributed by atoms with Crippen LogP contribution in [0.2, 0.25) is 0 Å². The number of aliphatic hydroxyl groups excluding tert-OH is 1. The SMILES string of the molecule is COc1ccc(OC)c([C@H]2/C(=C(\O)c3cnc(C)nc3C)C(=O)C(=O)N2CCN(C)C)c1. The Kier molecular flexibility index (Phi) is 6.78. The van der Waals surface area contributed by atoms with Crippen LogP contribution < -0.4 is 9.47 Å². The van der Waals surface area contributed by atoms with E-state index in [1.54, 1.807) is 32.0 Å². The second kappa shape index (κ2) is 9.35. The molecule has 9 heteroatoms. The molecule has 170 valence electrons. The van der Waals surface area contributed by atoms with Crippen molar-refractivity contribution >= 4 is 17.4 Å². The minimum Gasteiger partial charge on any atom is -0.507 e. The van der Waals surface area contributed by atoms with Gasteiger partial charge in [-0.25, -0.2) is 9.97 Å². The van der Waals surface area contributed by atoms with Gasteiger partial charge in [-0.2, -0.15) is 0 Å². The number of hydrogen-bond acceptors (Lipinski definition) is 8. The molecule has 1 atom stereocenters. The molecule has 1 saturated heterocycles. The number of benzene rings is 1. The van der Waals surface area contributed by atoms with E-state index < -0.39 is 17.7 Å². The summed E-state index contributed by atoms with van der Waals surface area (Å²) in [7, 11) is 6.80. The van der Waals surface area contributed by atoms with E-state index in [9.17, 15) is 14.7 Å². The monoisotopic (exact) mass is 440 g/mol. The van der Waals surface area contributed by atoms with Crippen LogP contribution in [0.3, 0.4) is 0 Å². The van der Waals surface area contributed by atoms with Crippen LogP contribution in [0.5, 0.6) is 11.5 Å². The molecule has 1 aliphatic heterocycles. The van der Waals surface area contributed by atoms with Crippen LogP contribution in [0.1, 0.15) is 28.7 Å². The topological polar surface area (TPSA) is 105 Å². The molecule has 1 aromatic carbocycles. The van der Waals surface area contributed by atoms with E-state index in [1.807, 2.05) is 19.0 Å².